The normalized spacial score (nSPS) is 13.6. The standard InChI is InChI=1S/C18H13Cl2F4NO3.C5H10O2/c19-12-7-10(3-4-15(12)28-18(22,23)24)27-16-9-14(21)11(8-13(16)20)17(26)25-5-1-2-6-25;1-5(2,3)7-4-6/h3-4,7-9H,1-2,5-6H2;4H,1-3H3. The minimum Gasteiger partial charge on any atom is -0.462 e. The van der Waals surface area contributed by atoms with Crippen molar-refractivity contribution < 1.29 is 41.4 Å². The Morgan fingerprint density at radius 2 is 1.60 bits per heavy atom. The van der Waals surface area contributed by atoms with Gasteiger partial charge >= 0.3 is 6.36 Å². The van der Waals surface area contributed by atoms with E-state index in [2.05, 4.69) is 9.47 Å². The third-order valence-corrected chi connectivity index (χ3v) is 4.99. The van der Waals surface area contributed by atoms with Gasteiger partial charge in [-0.05, 0) is 51.8 Å². The zero-order chi connectivity index (χ0) is 26.4. The molecule has 1 saturated heterocycles. The topological polar surface area (TPSA) is 65.1 Å². The fourth-order valence-electron chi connectivity index (χ4n) is 2.89. The molecule has 192 valence electrons. The van der Waals surface area contributed by atoms with E-state index in [9.17, 15) is 27.2 Å². The largest absolute Gasteiger partial charge is 0.573 e. The van der Waals surface area contributed by atoms with E-state index >= 15 is 0 Å². The Balaban J connectivity index is 0.000000540. The lowest BCUT2D eigenvalue weighted by atomic mass is 10.1. The summed E-state index contributed by atoms with van der Waals surface area (Å²) >= 11 is 11.8. The van der Waals surface area contributed by atoms with E-state index in [0.717, 1.165) is 43.2 Å². The Bertz CT molecular complexity index is 1050. The maximum absolute atomic E-state index is 14.4. The van der Waals surface area contributed by atoms with Crippen LogP contribution in [0.25, 0.3) is 0 Å². The average molecular weight is 540 g/mol. The van der Waals surface area contributed by atoms with Crippen LogP contribution in [0.5, 0.6) is 17.2 Å². The van der Waals surface area contributed by atoms with Crippen LogP contribution in [0.1, 0.15) is 44.0 Å². The first-order valence-electron chi connectivity index (χ1n) is 10.3. The van der Waals surface area contributed by atoms with Crippen LogP contribution in [0.15, 0.2) is 30.3 Å². The SMILES string of the molecule is CC(C)(C)OC=O.O=C(c1cc(Cl)c(Oc2ccc(OC(F)(F)F)c(Cl)c2)cc1F)N1CCCC1. The quantitative estimate of drug-likeness (QED) is 0.301. The molecule has 6 nitrogen and oxygen atoms in total. The molecule has 0 unspecified atom stereocenters. The minimum absolute atomic E-state index is 0.0134. The molecule has 0 spiro atoms. The Hall–Kier alpha value is -2.72. The van der Waals surface area contributed by atoms with Crippen LogP contribution in [-0.4, -0.2) is 42.3 Å². The maximum Gasteiger partial charge on any atom is 0.573 e. The van der Waals surface area contributed by atoms with Gasteiger partial charge in [-0.2, -0.15) is 0 Å². The van der Waals surface area contributed by atoms with Gasteiger partial charge in [0, 0.05) is 25.2 Å². The van der Waals surface area contributed by atoms with Gasteiger partial charge in [0.25, 0.3) is 12.4 Å². The lowest BCUT2D eigenvalue weighted by Gasteiger charge is -2.17. The van der Waals surface area contributed by atoms with Gasteiger partial charge in [-0.1, -0.05) is 23.2 Å². The molecule has 0 aromatic heterocycles. The molecule has 1 heterocycles. The molecule has 1 fully saturated rings. The summed E-state index contributed by atoms with van der Waals surface area (Å²) < 4.78 is 64.9. The molecule has 0 radical (unpaired) electrons. The summed E-state index contributed by atoms with van der Waals surface area (Å²) in [7, 11) is 0. The summed E-state index contributed by atoms with van der Waals surface area (Å²) in [6.07, 6.45) is -3.18. The van der Waals surface area contributed by atoms with Crippen LogP contribution in [0.4, 0.5) is 17.6 Å². The third-order valence-electron chi connectivity index (χ3n) is 4.40. The smallest absolute Gasteiger partial charge is 0.462 e. The molecule has 2 aromatic rings. The lowest BCUT2D eigenvalue weighted by Crippen LogP contribution is -2.28. The molecule has 0 bridgehead atoms. The summed E-state index contributed by atoms with van der Waals surface area (Å²) in [6.45, 7) is 7.03. The van der Waals surface area contributed by atoms with Crippen molar-refractivity contribution in [2.75, 3.05) is 13.1 Å². The van der Waals surface area contributed by atoms with Gasteiger partial charge in [-0.3, -0.25) is 9.59 Å². The van der Waals surface area contributed by atoms with Gasteiger partial charge in [0.2, 0.25) is 0 Å². The molecule has 2 aromatic carbocycles. The summed E-state index contributed by atoms with van der Waals surface area (Å²) in [5.74, 6) is -1.98. The highest BCUT2D eigenvalue weighted by molar-refractivity contribution is 6.32. The van der Waals surface area contributed by atoms with Crippen molar-refractivity contribution in [1.82, 2.24) is 4.90 Å². The van der Waals surface area contributed by atoms with Crippen molar-refractivity contribution in [1.29, 1.82) is 0 Å². The monoisotopic (exact) mass is 539 g/mol. The number of carbonyl (C=O) groups excluding carboxylic acids is 2. The van der Waals surface area contributed by atoms with E-state index in [1.807, 2.05) is 20.8 Å². The summed E-state index contributed by atoms with van der Waals surface area (Å²) in [5.41, 5.74) is -0.493. The second-order valence-corrected chi connectivity index (χ2v) is 9.14. The third kappa shape index (κ3) is 9.10. The number of rotatable bonds is 5. The molecule has 35 heavy (non-hydrogen) atoms. The first-order chi connectivity index (χ1) is 16.2. The molecule has 1 aliphatic rings. The van der Waals surface area contributed by atoms with Gasteiger partial charge < -0.3 is 19.1 Å². The van der Waals surface area contributed by atoms with Crippen LogP contribution in [0.2, 0.25) is 10.0 Å². The molecule has 3 rings (SSSR count). The van der Waals surface area contributed by atoms with Crippen molar-refractivity contribution in [3.05, 3.63) is 51.8 Å². The first-order valence-corrected chi connectivity index (χ1v) is 11.1. The highest BCUT2D eigenvalue weighted by Crippen LogP contribution is 2.37. The zero-order valence-corrected chi connectivity index (χ0v) is 20.6. The molecular formula is C23H23Cl2F4NO5. The molecule has 12 heteroatoms. The predicted octanol–water partition coefficient (Wildman–Crippen LogP) is 7.02. The van der Waals surface area contributed by atoms with Crippen LogP contribution in [0.3, 0.4) is 0 Å². The van der Waals surface area contributed by atoms with E-state index < -0.39 is 23.8 Å². The van der Waals surface area contributed by atoms with Gasteiger partial charge in [0.15, 0.2) is 0 Å². The predicted molar refractivity (Wildman–Crippen MR) is 122 cm³/mol. The van der Waals surface area contributed by atoms with Gasteiger partial charge in [0.1, 0.15) is 28.7 Å². The van der Waals surface area contributed by atoms with Gasteiger partial charge in [-0.25, -0.2) is 4.39 Å². The number of benzene rings is 2. The number of hydrogen-bond donors (Lipinski definition) is 0. The number of nitrogens with zero attached hydrogens (tertiary/aromatic N) is 1. The number of hydrogen-bond acceptors (Lipinski definition) is 5. The number of carbonyl (C=O) groups is 2. The molecule has 0 atom stereocenters. The zero-order valence-electron chi connectivity index (χ0n) is 19.0. The second kappa shape index (κ2) is 11.8. The van der Waals surface area contributed by atoms with Gasteiger partial charge in [0.05, 0.1) is 15.6 Å². The lowest BCUT2D eigenvalue weighted by molar-refractivity contribution is -0.274. The van der Waals surface area contributed by atoms with E-state index in [4.69, 9.17) is 27.9 Å². The van der Waals surface area contributed by atoms with Crippen molar-refractivity contribution in [2.45, 2.75) is 45.6 Å². The van der Waals surface area contributed by atoms with E-state index in [-0.39, 0.29) is 32.7 Å². The molecule has 1 amide bonds. The minimum atomic E-state index is -4.89. The maximum atomic E-state index is 14.4. The Morgan fingerprint density at radius 1 is 1.00 bits per heavy atom. The Morgan fingerprint density at radius 3 is 2.09 bits per heavy atom. The number of alkyl halides is 3. The summed E-state index contributed by atoms with van der Waals surface area (Å²) in [6, 6.07) is 5.29. The number of amides is 1. The number of ether oxygens (including phenoxy) is 3. The van der Waals surface area contributed by atoms with E-state index in [0.29, 0.717) is 19.6 Å². The molecule has 0 N–H and O–H groups in total. The summed E-state index contributed by atoms with van der Waals surface area (Å²) in [5, 5.41) is -0.386. The fourth-order valence-corrected chi connectivity index (χ4v) is 3.30. The Kier molecular flexibility index (Phi) is 9.62. The Labute approximate surface area is 209 Å². The fraction of sp³-hybridized carbons (Fsp3) is 0.391. The van der Waals surface area contributed by atoms with Crippen molar-refractivity contribution in [2.24, 2.45) is 0 Å². The average Bonchev–Trinajstić information content (AvgIpc) is 3.26. The van der Waals surface area contributed by atoms with Crippen LogP contribution in [-0.2, 0) is 9.53 Å². The molecule has 0 saturated carbocycles. The van der Waals surface area contributed by atoms with Crippen molar-refractivity contribution in [3.8, 4) is 17.2 Å². The molecular weight excluding hydrogens is 517 g/mol. The van der Waals surface area contributed by atoms with E-state index in [1.54, 1.807) is 0 Å². The van der Waals surface area contributed by atoms with Crippen LogP contribution < -0.4 is 9.47 Å². The number of likely N-dealkylation sites (tertiary alicyclic amines) is 1. The van der Waals surface area contributed by atoms with Gasteiger partial charge in [-0.15, -0.1) is 13.2 Å². The second-order valence-electron chi connectivity index (χ2n) is 8.33. The van der Waals surface area contributed by atoms with Crippen LogP contribution >= 0.6 is 23.2 Å². The molecule has 0 aliphatic carbocycles. The number of halogens is 6. The van der Waals surface area contributed by atoms with E-state index in [1.165, 1.54) is 4.90 Å². The first kappa shape index (κ1) is 28.5. The van der Waals surface area contributed by atoms with Crippen LogP contribution in [0, 0.1) is 5.82 Å². The van der Waals surface area contributed by atoms with Crippen molar-refractivity contribution in [3.63, 3.8) is 0 Å². The highest BCUT2D eigenvalue weighted by Gasteiger charge is 2.32. The molecule has 1 aliphatic heterocycles. The summed E-state index contributed by atoms with van der Waals surface area (Å²) in [4.78, 5) is 23.5. The highest BCUT2D eigenvalue weighted by atomic mass is 35.5. The van der Waals surface area contributed by atoms with Crippen molar-refractivity contribution >= 4 is 35.6 Å².